The molecule has 0 aliphatic rings. The Morgan fingerprint density at radius 2 is 2.11 bits per heavy atom. The number of amides is 1. The smallest absolute Gasteiger partial charge is 0.234 e. The molecule has 0 unspecified atom stereocenters. The number of aromatic nitrogens is 1. The number of hydrogen-bond donors (Lipinski definition) is 1. The van der Waals surface area contributed by atoms with Crippen molar-refractivity contribution in [2.45, 2.75) is 11.9 Å². The van der Waals surface area contributed by atoms with E-state index >= 15 is 0 Å². The fraction of sp³-hybridized carbons (Fsp3) is 0.150. The zero-order valence-electron chi connectivity index (χ0n) is 14.7. The molecular formula is C20H16ClN3O2S. The first-order chi connectivity index (χ1) is 13.0. The average Bonchev–Trinajstić information content (AvgIpc) is 2.68. The van der Waals surface area contributed by atoms with Gasteiger partial charge in [-0.25, -0.2) is 4.98 Å². The summed E-state index contributed by atoms with van der Waals surface area (Å²) in [5, 5.41) is 14.1. The number of methoxy groups -OCH3 is 1. The molecule has 27 heavy (non-hydrogen) atoms. The number of thioether (sulfide) groups is 1. The highest BCUT2D eigenvalue weighted by molar-refractivity contribution is 8.00. The Balaban J connectivity index is 1.75. The van der Waals surface area contributed by atoms with Crippen LogP contribution in [0.15, 0.2) is 47.5 Å². The lowest BCUT2D eigenvalue weighted by molar-refractivity contribution is -0.113. The quantitative estimate of drug-likeness (QED) is 0.625. The molecule has 1 heterocycles. The van der Waals surface area contributed by atoms with E-state index in [1.807, 2.05) is 25.1 Å². The van der Waals surface area contributed by atoms with Crippen molar-refractivity contribution in [3.63, 3.8) is 0 Å². The van der Waals surface area contributed by atoms with Gasteiger partial charge in [0, 0.05) is 22.2 Å². The Hall–Kier alpha value is -2.75. The minimum absolute atomic E-state index is 0.128. The molecule has 136 valence electrons. The van der Waals surface area contributed by atoms with Crippen LogP contribution in [-0.2, 0) is 4.79 Å². The number of ether oxygens (including phenoxy) is 1. The van der Waals surface area contributed by atoms with Crippen LogP contribution < -0.4 is 10.1 Å². The monoisotopic (exact) mass is 397 g/mol. The van der Waals surface area contributed by atoms with E-state index in [4.69, 9.17) is 16.3 Å². The summed E-state index contributed by atoms with van der Waals surface area (Å²) >= 11 is 7.29. The summed E-state index contributed by atoms with van der Waals surface area (Å²) in [6.07, 6.45) is 0. The minimum atomic E-state index is -0.198. The first-order valence-electron chi connectivity index (χ1n) is 8.08. The molecule has 3 aromatic rings. The van der Waals surface area contributed by atoms with Gasteiger partial charge in [0.05, 0.1) is 23.9 Å². The number of pyridine rings is 1. The van der Waals surface area contributed by atoms with Crippen LogP contribution in [-0.4, -0.2) is 23.8 Å². The summed E-state index contributed by atoms with van der Waals surface area (Å²) in [5.74, 6) is 0.615. The number of fused-ring (bicyclic) bond motifs is 1. The summed E-state index contributed by atoms with van der Waals surface area (Å²) < 4.78 is 5.21. The van der Waals surface area contributed by atoms with Crippen LogP contribution in [0.4, 0.5) is 5.69 Å². The van der Waals surface area contributed by atoms with Crippen LogP contribution in [0.3, 0.4) is 0 Å². The number of carbonyl (C=O) groups is 1. The van der Waals surface area contributed by atoms with Crippen molar-refractivity contribution in [2.75, 3.05) is 18.2 Å². The molecule has 0 bridgehead atoms. The third-order valence-electron chi connectivity index (χ3n) is 3.91. The second kappa shape index (κ2) is 8.30. The van der Waals surface area contributed by atoms with Gasteiger partial charge < -0.3 is 10.1 Å². The van der Waals surface area contributed by atoms with E-state index in [9.17, 15) is 10.1 Å². The van der Waals surface area contributed by atoms with Gasteiger partial charge >= 0.3 is 0 Å². The molecule has 7 heteroatoms. The molecule has 0 atom stereocenters. The fourth-order valence-electron chi connectivity index (χ4n) is 2.45. The molecule has 5 nitrogen and oxygen atoms in total. The molecule has 0 aliphatic heterocycles. The van der Waals surface area contributed by atoms with Gasteiger partial charge in [-0.2, -0.15) is 5.26 Å². The molecule has 0 saturated heterocycles. The molecule has 0 saturated carbocycles. The normalized spacial score (nSPS) is 10.4. The van der Waals surface area contributed by atoms with Crippen molar-refractivity contribution in [1.29, 1.82) is 5.26 Å². The van der Waals surface area contributed by atoms with E-state index in [-0.39, 0.29) is 11.7 Å². The van der Waals surface area contributed by atoms with Crippen molar-refractivity contribution in [3.05, 3.63) is 58.6 Å². The topological polar surface area (TPSA) is 75.0 Å². The highest BCUT2D eigenvalue weighted by Crippen LogP contribution is 2.27. The minimum Gasteiger partial charge on any atom is -0.497 e. The highest BCUT2D eigenvalue weighted by atomic mass is 35.5. The number of nitrogens with one attached hydrogen (secondary N) is 1. The largest absolute Gasteiger partial charge is 0.497 e. The summed E-state index contributed by atoms with van der Waals surface area (Å²) in [4.78, 5) is 16.8. The third-order valence-corrected chi connectivity index (χ3v) is 5.30. The number of nitrogens with zero attached hydrogens (tertiary/aromatic N) is 2. The maximum Gasteiger partial charge on any atom is 0.234 e. The number of carbonyl (C=O) groups excluding carboxylic acids is 1. The molecule has 0 spiro atoms. The Labute approximate surface area is 166 Å². The Kier molecular flexibility index (Phi) is 5.84. The zero-order chi connectivity index (χ0) is 19.4. The maximum absolute atomic E-state index is 12.2. The van der Waals surface area contributed by atoms with E-state index in [0.29, 0.717) is 32.6 Å². The summed E-state index contributed by atoms with van der Waals surface area (Å²) in [5.41, 5.74) is 2.72. The van der Waals surface area contributed by atoms with Gasteiger partial charge in [-0.15, -0.1) is 0 Å². The van der Waals surface area contributed by atoms with E-state index in [1.54, 1.807) is 31.4 Å². The van der Waals surface area contributed by atoms with Gasteiger partial charge in [-0.3, -0.25) is 4.79 Å². The summed E-state index contributed by atoms with van der Waals surface area (Å²) in [6, 6.07) is 14.7. The van der Waals surface area contributed by atoms with Crippen LogP contribution in [0.5, 0.6) is 5.75 Å². The molecule has 2 aromatic carbocycles. The average molecular weight is 398 g/mol. The summed E-state index contributed by atoms with van der Waals surface area (Å²) in [7, 11) is 1.59. The van der Waals surface area contributed by atoms with Gasteiger partial charge in [0.15, 0.2) is 0 Å². The third kappa shape index (κ3) is 4.51. The van der Waals surface area contributed by atoms with E-state index in [0.717, 1.165) is 10.9 Å². The molecule has 0 aliphatic carbocycles. The Morgan fingerprint density at radius 1 is 1.30 bits per heavy atom. The molecule has 1 amide bonds. The van der Waals surface area contributed by atoms with Crippen LogP contribution in [0.25, 0.3) is 10.9 Å². The van der Waals surface area contributed by atoms with Crippen LogP contribution >= 0.6 is 23.4 Å². The zero-order valence-corrected chi connectivity index (χ0v) is 16.3. The van der Waals surface area contributed by atoms with Crippen molar-refractivity contribution < 1.29 is 9.53 Å². The number of aryl methyl sites for hydroxylation is 1. The van der Waals surface area contributed by atoms with Crippen molar-refractivity contribution in [1.82, 2.24) is 4.98 Å². The second-order valence-electron chi connectivity index (χ2n) is 5.81. The van der Waals surface area contributed by atoms with Gasteiger partial charge in [0.25, 0.3) is 0 Å². The maximum atomic E-state index is 12.2. The molecular weight excluding hydrogens is 382 g/mol. The lowest BCUT2D eigenvalue weighted by Crippen LogP contribution is -2.14. The standard InChI is InChI=1S/C20H16ClN3O2S/c1-12-3-5-15(8-17(12)21)23-19(25)11-27-20-14(10-22)7-13-4-6-16(26-2)9-18(13)24-20/h3-9H,11H2,1-2H3,(H,23,25). The summed E-state index contributed by atoms with van der Waals surface area (Å²) in [6.45, 7) is 1.90. The first-order valence-corrected chi connectivity index (χ1v) is 9.44. The number of anilines is 1. The molecule has 1 N–H and O–H groups in total. The van der Waals surface area contributed by atoms with E-state index in [2.05, 4.69) is 16.4 Å². The lowest BCUT2D eigenvalue weighted by Gasteiger charge is -2.08. The number of rotatable bonds is 5. The molecule has 0 fully saturated rings. The van der Waals surface area contributed by atoms with Gasteiger partial charge in [0.1, 0.15) is 16.8 Å². The molecule has 0 radical (unpaired) electrons. The second-order valence-corrected chi connectivity index (χ2v) is 7.18. The van der Waals surface area contributed by atoms with Crippen LogP contribution in [0, 0.1) is 18.3 Å². The van der Waals surface area contributed by atoms with Gasteiger partial charge in [-0.1, -0.05) is 29.4 Å². The van der Waals surface area contributed by atoms with E-state index in [1.165, 1.54) is 11.8 Å². The lowest BCUT2D eigenvalue weighted by atomic mass is 10.1. The van der Waals surface area contributed by atoms with E-state index < -0.39 is 0 Å². The Bertz CT molecular complexity index is 1060. The Morgan fingerprint density at radius 3 is 2.81 bits per heavy atom. The van der Waals surface area contributed by atoms with Crippen molar-refractivity contribution >= 4 is 45.9 Å². The number of benzene rings is 2. The van der Waals surface area contributed by atoms with Gasteiger partial charge in [-0.05, 0) is 42.8 Å². The van der Waals surface area contributed by atoms with Crippen molar-refractivity contribution in [3.8, 4) is 11.8 Å². The SMILES string of the molecule is COc1ccc2cc(C#N)c(SCC(=O)Nc3ccc(C)c(Cl)c3)nc2c1. The number of hydrogen-bond acceptors (Lipinski definition) is 5. The molecule has 1 aromatic heterocycles. The van der Waals surface area contributed by atoms with Crippen LogP contribution in [0.2, 0.25) is 5.02 Å². The fourth-order valence-corrected chi connectivity index (χ4v) is 3.39. The predicted octanol–water partition coefficient (Wildman–Crippen LogP) is 4.81. The number of nitriles is 1. The van der Waals surface area contributed by atoms with Gasteiger partial charge in [0.2, 0.25) is 5.91 Å². The first kappa shape index (κ1) is 19.0. The predicted molar refractivity (Wildman–Crippen MR) is 109 cm³/mol. The highest BCUT2D eigenvalue weighted by Gasteiger charge is 2.11. The molecule has 3 rings (SSSR count). The number of halogens is 1. The van der Waals surface area contributed by atoms with Crippen molar-refractivity contribution in [2.24, 2.45) is 0 Å². The van der Waals surface area contributed by atoms with Crippen LogP contribution in [0.1, 0.15) is 11.1 Å².